The van der Waals surface area contributed by atoms with Gasteiger partial charge in [0, 0.05) is 6.42 Å². The maximum Gasteiger partial charge on any atom is 0.220 e. The first-order chi connectivity index (χ1) is 37.8. The molecule has 0 saturated carbocycles. The number of ether oxygens (including phenoxy) is 2. The molecule has 9 heteroatoms. The molecule has 0 aliphatic carbocycles. The van der Waals surface area contributed by atoms with E-state index >= 15 is 0 Å². The Morgan fingerprint density at radius 3 is 1.09 bits per heavy atom. The number of nitrogens with one attached hydrogen (secondary N) is 1. The summed E-state index contributed by atoms with van der Waals surface area (Å²) in [7, 11) is 0. The van der Waals surface area contributed by atoms with E-state index < -0.39 is 49.5 Å². The SMILES string of the molecule is CCCCCCCCCCCCCC/C=C\CCCCCCCCCCCCCCCC(=O)NC(COC1OC(CO)C(O)C(O)C1O)C(O)/C=C/CC/C=C/CCCCCCCCCCCCCCCCCCCCC. The summed E-state index contributed by atoms with van der Waals surface area (Å²) in [5.74, 6) is -0.181. The third-order valence-corrected chi connectivity index (χ3v) is 16.2. The van der Waals surface area contributed by atoms with Crippen molar-refractivity contribution >= 4 is 5.91 Å². The highest BCUT2D eigenvalue weighted by atomic mass is 16.7. The van der Waals surface area contributed by atoms with Crippen LogP contribution in [0.3, 0.4) is 0 Å². The van der Waals surface area contributed by atoms with Crippen molar-refractivity contribution in [1.29, 1.82) is 0 Å². The van der Waals surface area contributed by atoms with Crippen LogP contribution in [0.2, 0.25) is 0 Å². The minimum atomic E-state index is -1.57. The fraction of sp³-hybridized carbons (Fsp3) is 0.897. The van der Waals surface area contributed by atoms with Crippen LogP contribution in [0.15, 0.2) is 36.5 Å². The van der Waals surface area contributed by atoms with Crippen molar-refractivity contribution in [2.24, 2.45) is 0 Å². The van der Waals surface area contributed by atoms with Crippen LogP contribution in [0, 0.1) is 0 Å². The minimum Gasteiger partial charge on any atom is -0.394 e. The van der Waals surface area contributed by atoms with Gasteiger partial charge in [0.05, 0.1) is 25.4 Å². The molecule has 1 rings (SSSR count). The van der Waals surface area contributed by atoms with Crippen molar-refractivity contribution in [1.82, 2.24) is 5.32 Å². The van der Waals surface area contributed by atoms with Crippen molar-refractivity contribution in [3.05, 3.63) is 36.5 Å². The van der Waals surface area contributed by atoms with Crippen LogP contribution in [-0.2, 0) is 14.3 Å². The van der Waals surface area contributed by atoms with Gasteiger partial charge in [-0.2, -0.15) is 0 Å². The fourth-order valence-electron chi connectivity index (χ4n) is 10.9. The lowest BCUT2D eigenvalue weighted by Crippen LogP contribution is -2.60. The van der Waals surface area contributed by atoms with E-state index in [2.05, 4.69) is 43.5 Å². The van der Waals surface area contributed by atoms with E-state index in [1.165, 1.54) is 276 Å². The Morgan fingerprint density at radius 2 is 0.740 bits per heavy atom. The third-order valence-electron chi connectivity index (χ3n) is 16.2. The first-order valence-corrected chi connectivity index (χ1v) is 33.7. The largest absolute Gasteiger partial charge is 0.394 e. The Morgan fingerprint density at radius 1 is 0.429 bits per heavy atom. The third kappa shape index (κ3) is 46.7. The van der Waals surface area contributed by atoms with E-state index in [-0.39, 0.29) is 12.5 Å². The Balaban J connectivity index is 2.16. The van der Waals surface area contributed by atoms with E-state index in [1.807, 2.05) is 6.08 Å². The first-order valence-electron chi connectivity index (χ1n) is 33.7. The monoisotopic (exact) mass is 1090 g/mol. The normalized spacial score (nSPS) is 18.9. The average Bonchev–Trinajstić information content (AvgIpc) is 3.43. The van der Waals surface area contributed by atoms with Gasteiger partial charge in [0.2, 0.25) is 5.91 Å². The number of carbonyl (C=O) groups is 1. The van der Waals surface area contributed by atoms with Crippen LogP contribution in [-0.4, -0.2) is 87.5 Å². The molecule has 0 aromatic carbocycles. The molecule has 0 radical (unpaired) electrons. The van der Waals surface area contributed by atoms with Gasteiger partial charge in [-0.1, -0.05) is 307 Å². The van der Waals surface area contributed by atoms with Gasteiger partial charge in [0.15, 0.2) is 6.29 Å². The van der Waals surface area contributed by atoms with Gasteiger partial charge in [0.1, 0.15) is 24.4 Å². The molecule has 1 aliphatic heterocycles. The predicted octanol–water partition coefficient (Wildman–Crippen LogP) is 17.9. The molecule has 0 bridgehead atoms. The number of allylic oxidation sites excluding steroid dienone is 5. The molecule has 0 aromatic rings. The van der Waals surface area contributed by atoms with Gasteiger partial charge in [-0.05, 0) is 57.8 Å². The number of amides is 1. The van der Waals surface area contributed by atoms with Crippen LogP contribution in [0.25, 0.3) is 0 Å². The molecule has 1 fully saturated rings. The van der Waals surface area contributed by atoms with Crippen LogP contribution in [0.1, 0.15) is 335 Å². The quantitative estimate of drug-likeness (QED) is 0.0261. The molecule has 0 spiro atoms. The zero-order chi connectivity index (χ0) is 55.8. The molecular formula is C68H129NO8. The van der Waals surface area contributed by atoms with E-state index in [0.717, 1.165) is 38.5 Å². The Hall–Kier alpha value is -1.59. The lowest BCUT2D eigenvalue weighted by atomic mass is 9.99. The molecule has 6 N–H and O–H groups in total. The summed E-state index contributed by atoms with van der Waals surface area (Å²) in [5.41, 5.74) is 0. The number of aliphatic hydroxyl groups is 5. The summed E-state index contributed by atoms with van der Waals surface area (Å²) >= 11 is 0. The van der Waals surface area contributed by atoms with Crippen molar-refractivity contribution in [2.45, 2.75) is 378 Å². The molecule has 9 nitrogen and oxygen atoms in total. The van der Waals surface area contributed by atoms with E-state index in [9.17, 15) is 30.3 Å². The van der Waals surface area contributed by atoms with E-state index in [0.29, 0.717) is 6.42 Å². The molecule has 1 amide bonds. The van der Waals surface area contributed by atoms with Gasteiger partial charge >= 0.3 is 0 Å². The van der Waals surface area contributed by atoms with Crippen LogP contribution < -0.4 is 5.32 Å². The molecule has 7 atom stereocenters. The maximum atomic E-state index is 13.1. The second kappa shape index (κ2) is 57.6. The number of carbonyl (C=O) groups excluding carboxylic acids is 1. The number of hydrogen-bond donors (Lipinski definition) is 6. The zero-order valence-corrected chi connectivity index (χ0v) is 50.7. The smallest absolute Gasteiger partial charge is 0.220 e. The number of unbranched alkanes of at least 4 members (excludes halogenated alkanes) is 45. The molecular weight excluding hydrogens is 959 g/mol. The highest BCUT2D eigenvalue weighted by Gasteiger charge is 2.44. The van der Waals surface area contributed by atoms with Gasteiger partial charge in [-0.3, -0.25) is 4.79 Å². The van der Waals surface area contributed by atoms with E-state index in [4.69, 9.17) is 9.47 Å². The molecule has 1 saturated heterocycles. The van der Waals surface area contributed by atoms with Crippen molar-refractivity contribution in [2.75, 3.05) is 13.2 Å². The van der Waals surface area contributed by atoms with Crippen molar-refractivity contribution in [3.8, 4) is 0 Å². The molecule has 0 aromatic heterocycles. The molecule has 77 heavy (non-hydrogen) atoms. The number of hydrogen-bond acceptors (Lipinski definition) is 8. The highest BCUT2D eigenvalue weighted by molar-refractivity contribution is 5.76. The Bertz CT molecular complexity index is 1310. The second-order valence-electron chi connectivity index (χ2n) is 23.6. The van der Waals surface area contributed by atoms with Crippen LogP contribution >= 0.6 is 0 Å². The first kappa shape index (κ1) is 73.4. The summed E-state index contributed by atoms with van der Waals surface area (Å²) < 4.78 is 11.3. The Labute approximate surface area is 476 Å². The molecule has 454 valence electrons. The molecule has 1 aliphatic rings. The number of rotatable bonds is 59. The number of aliphatic hydroxyl groups excluding tert-OH is 5. The van der Waals surface area contributed by atoms with E-state index in [1.54, 1.807) is 6.08 Å². The lowest BCUT2D eigenvalue weighted by Gasteiger charge is -2.40. The van der Waals surface area contributed by atoms with Crippen molar-refractivity contribution < 1.29 is 39.8 Å². The molecule has 7 unspecified atom stereocenters. The summed E-state index contributed by atoms with van der Waals surface area (Å²) in [5, 5.41) is 54.7. The zero-order valence-electron chi connectivity index (χ0n) is 50.7. The van der Waals surface area contributed by atoms with Crippen LogP contribution in [0.5, 0.6) is 0 Å². The van der Waals surface area contributed by atoms with Gasteiger partial charge < -0.3 is 40.3 Å². The summed E-state index contributed by atoms with van der Waals surface area (Å²) in [6.07, 6.45) is 69.6. The summed E-state index contributed by atoms with van der Waals surface area (Å²) in [6.45, 7) is 3.81. The Kier molecular flexibility index (Phi) is 55.0. The summed E-state index contributed by atoms with van der Waals surface area (Å²) in [6, 6.07) is -0.822. The average molecular weight is 1090 g/mol. The second-order valence-corrected chi connectivity index (χ2v) is 23.6. The van der Waals surface area contributed by atoms with Gasteiger partial charge in [-0.15, -0.1) is 0 Å². The highest BCUT2D eigenvalue weighted by Crippen LogP contribution is 2.23. The van der Waals surface area contributed by atoms with Crippen molar-refractivity contribution in [3.63, 3.8) is 0 Å². The lowest BCUT2D eigenvalue weighted by molar-refractivity contribution is -0.302. The molecule has 1 heterocycles. The topological polar surface area (TPSA) is 149 Å². The fourth-order valence-corrected chi connectivity index (χ4v) is 10.9. The standard InChI is InChI=1S/C68H129NO8/c1-3-5-7-9-11-13-15-17-19-21-23-25-27-29-30-31-32-34-36-38-40-42-44-46-48-50-52-54-56-58-64(72)69-61(60-76-68-67(75)66(74)65(73)63(59-70)77-68)62(71)57-55-53-51-49-47-45-43-41-39-37-35-33-28-26-24-22-20-18-16-14-12-10-8-6-4-2/h29-30,47,49,55,57,61-63,65-68,70-71,73-75H,3-28,31-46,48,50-54,56,58-60H2,1-2H3,(H,69,72)/b30-29-,49-47+,57-55+. The van der Waals surface area contributed by atoms with Crippen LogP contribution in [0.4, 0.5) is 0 Å². The van der Waals surface area contributed by atoms with Gasteiger partial charge in [-0.25, -0.2) is 0 Å². The minimum absolute atomic E-state index is 0.181. The predicted molar refractivity (Wildman–Crippen MR) is 327 cm³/mol. The maximum absolute atomic E-state index is 13.1. The summed E-state index contributed by atoms with van der Waals surface area (Å²) in [4.78, 5) is 13.1. The van der Waals surface area contributed by atoms with Gasteiger partial charge in [0.25, 0.3) is 0 Å².